The zero-order chi connectivity index (χ0) is 35.2. The lowest BCUT2D eigenvalue weighted by Crippen LogP contribution is -2.25. The van der Waals surface area contributed by atoms with Gasteiger partial charge in [0.1, 0.15) is 60.0 Å². The van der Waals surface area contributed by atoms with E-state index in [1.807, 2.05) is 12.1 Å². The highest BCUT2D eigenvalue weighted by atomic mass is 19.4. The lowest BCUT2D eigenvalue weighted by atomic mass is 10.1. The Morgan fingerprint density at radius 3 is 1.76 bits per heavy atom. The highest BCUT2D eigenvalue weighted by Gasteiger charge is 2.34. The van der Waals surface area contributed by atoms with E-state index >= 15 is 0 Å². The fourth-order valence-corrected chi connectivity index (χ4v) is 7.06. The molecule has 0 amide bonds. The number of benzene rings is 3. The molecule has 7 rings (SSSR count). The molecular weight excluding hydrogens is 666 g/mol. The molecule has 3 aliphatic heterocycles. The van der Waals surface area contributed by atoms with Gasteiger partial charge in [0.2, 0.25) is 0 Å². The number of alkyl halides is 3. The van der Waals surface area contributed by atoms with Crippen molar-refractivity contribution in [2.75, 3.05) is 78.7 Å². The van der Waals surface area contributed by atoms with Crippen LogP contribution < -0.4 is 18.9 Å². The Morgan fingerprint density at radius 2 is 1.16 bits per heavy atom. The Morgan fingerprint density at radius 1 is 0.627 bits per heavy atom. The Hall–Kier alpha value is -4.07. The normalized spacial score (nSPS) is 17.5. The molecule has 3 aliphatic rings. The van der Waals surface area contributed by atoms with Crippen LogP contribution in [0.15, 0.2) is 48.5 Å². The van der Waals surface area contributed by atoms with Crippen molar-refractivity contribution in [2.45, 2.75) is 44.7 Å². The molecule has 1 N–H and O–H groups in total. The average molecular weight is 712 g/mol. The molecule has 13 heteroatoms. The van der Waals surface area contributed by atoms with Gasteiger partial charge < -0.3 is 23.9 Å². The number of nitrogens with one attached hydrogen (secondary N) is 1. The van der Waals surface area contributed by atoms with Gasteiger partial charge >= 0.3 is 6.18 Å². The number of imidazole rings is 1. The third kappa shape index (κ3) is 9.06. The van der Waals surface area contributed by atoms with Crippen LogP contribution in [0.5, 0.6) is 28.7 Å². The predicted octanol–water partition coefficient (Wildman–Crippen LogP) is 7.60. The van der Waals surface area contributed by atoms with E-state index in [2.05, 4.69) is 19.7 Å². The molecular formula is C38H45F4N5O4. The Balaban J connectivity index is 1.16. The molecule has 0 bridgehead atoms. The molecule has 4 aromatic rings. The number of nitrogens with zero attached hydrogens (tertiary/aromatic N) is 4. The summed E-state index contributed by atoms with van der Waals surface area (Å²) in [5.41, 5.74) is 0.662. The number of aromatic amines is 1. The molecule has 3 saturated heterocycles. The van der Waals surface area contributed by atoms with Crippen molar-refractivity contribution in [3.05, 3.63) is 59.9 Å². The van der Waals surface area contributed by atoms with Gasteiger partial charge in [-0.1, -0.05) is 0 Å². The largest absolute Gasteiger partial charge is 0.492 e. The minimum absolute atomic E-state index is 0.142. The van der Waals surface area contributed by atoms with E-state index in [1.165, 1.54) is 31.7 Å². The third-order valence-electron chi connectivity index (χ3n) is 9.81. The van der Waals surface area contributed by atoms with Crippen LogP contribution in [0.3, 0.4) is 0 Å². The zero-order valence-corrected chi connectivity index (χ0v) is 28.8. The zero-order valence-electron chi connectivity index (χ0n) is 28.8. The molecule has 3 aromatic carbocycles. The number of H-pyrrole nitrogens is 1. The van der Waals surface area contributed by atoms with Crippen molar-refractivity contribution < 1.29 is 36.5 Å². The van der Waals surface area contributed by atoms with E-state index in [1.54, 1.807) is 18.2 Å². The minimum atomic E-state index is -4.85. The van der Waals surface area contributed by atoms with Crippen LogP contribution in [0.1, 0.15) is 44.1 Å². The summed E-state index contributed by atoms with van der Waals surface area (Å²) >= 11 is 0. The van der Waals surface area contributed by atoms with Gasteiger partial charge in [0, 0.05) is 37.8 Å². The van der Waals surface area contributed by atoms with Crippen molar-refractivity contribution in [1.82, 2.24) is 24.7 Å². The maximum absolute atomic E-state index is 14.0. The van der Waals surface area contributed by atoms with Crippen molar-refractivity contribution in [3.8, 4) is 40.1 Å². The average Bonchev–Trinajstić information content (AvgIpc) is 3.94. The highest BCUT2D eigenvalue weighted by Crippen LogP contribution is 2.39. The molecule has 0 radical (unpaired) electrons. The van der Waals surface area contributed by atoms with Gasteiger partial charge in [0.15, 0.2) is 5.75 Å². The van der Waals surface area contributed by atoms with Crippen LogP contribution in [-0.2, 0) is 6.18 Å². The maximum atomic E-state index is 14.0. The van der Waals surface area contributed by atoms with Gasteiger partial charge in [-0.2, -0.15) is 13.2 Å². The van der Waals surface area contributed by atoms with Gasteiger partial charge in [0.05, 0.1) is 16.6 Å². The first kappa shape index (κ1) is 35.3. The summed E-state index contributed by atoms with van der Waals surface area (Å²) in [4.78, 5) is 15.5. The van der Waals surface area contributed by atoms with Crippen LogP contribution in [-0.4, -0.2) is 103 Å². The summed E-state index contributed by atoms with van der Waals surface area (Å²) in [5, 5.41) is 0. The van der Waals surface area contributed by atoms with Crippen LogP contribution in [0.2, 0.25) is 0 Å². The molecule has 9 nitrogen and oxygen atoms in total. The highest BCUT2D eigenvalue weighted by molar-refractivity contribution is 5.87. The number of likely N-dealkylation sites (tertiary alicyclic amines) is 3. The predicted molar refractivity (Wildman–Crippen MR) is 187 cm³/mol. The second-order valence-corrected chi connectivity index (χ2v) is 13.5. The van der Waals surface area contributed by atoms with E-state index in [9.17, 15) is 17.6 Å². The van der Waals surface area contributed by atoms with Crippen LogP contribution in [0.4, 0.5) is 17.6 Å². The van der Waals surface area contributed by atoms with Crippen molar-refractivity contribution in [2.24, 2.45) is 0 Å². The molecule has 274 valence electrons. The molecule has 51 heavy (non-hydrogen) atoms. The molecule has 0 atom stereocenters. The summed E-state index contributed by atoms with van der Waals surface area (Å²) in [6.45, 7) is 10.3. The molecule has 1 aromatic heterocycles. The van der Waals surface area contributed by atoms with E-state index in [4.69, 9.17) is 23.9 Å². The first-order valence-electron chi connectivity index (χ1n) is 18.1. The topological polar surface area (TPSA) is 75.3 Å². The number of halogens is 4. The molecule has 0 aliphatic carbocycles. The van der Waals surface area contributed by atoms with Gasteiger partial charge in [-0.05, 0) is 108 Å². The van der Waals surface area contributed by atoms with E-state index < -0.39 is 17.6 Å². The number of hydrogen-bond acceptors (Lipinski definition) is 8. The van der Waals surface area contributed by atoms with Crippen molar-refractivity contribution in [3.63, 3.8) is 0 Å². The second-order valence-electron chi connectivity index (χ2n) is 13.5. The molecule has 0 spiro atoms. The monoisotopic (exact) mass is 711 g/mol. The fraction of sp³-hybridized carbons (Fsp3) is 0.500. The van der Waals surface area contributed by atoms with Crippen molar-refractivity contribution >= 4 is 11.0 Å². The SMILES string of the molecule is Fc1ccc(Oc2ccc(-c3nc4c(OCCN5CCCC5)cc(OCCN5CCCC5)cc4[nH]3)c(OCCN3CCCC3)c2)cc1C(F)(F)F. The summed E-state index contributed by atoms with van der Waals surface area (Å²) < 4.78 is 78.8. The summed E-state index contributed by atoms with van der Waals surface area (Å²) in [5.74, 6) is 1.03. The molecule has 4 heterocycles. The number of hydrogen-bond donors (Lipinski definition) is 1. The number of aromatic nitrogens is 2. The quantitative estimate of drug-likeness (QED) is 0.127. The second kappa shape index (κ2) is 16.1. The van der Waals surface area contributed by atoms with E-state index in [0.717, 1.165) is 83.3 Å². The lowest BCUT2D eigenvalue weighted by Gasteiger charge is -2.17. The fourth-order valence-electron chi connectivity index (χ4n) is 7.06. The van der Waals surface area contributed by atoms with Crippen LogP contribution >= 0.6 is 0 Å². The summed E-state index contributed by atoms with van der Waals surface area (Å²) in [7, 11) is 0. The van der Waals surface area contributed by atoms with Gasteiger partial charge in [-0.3, -0.25) is 14.7 Å². The first-order chi connectivity index (χ1) is 24.8. The summed E-state index contributed by atoms with van der Waals surface area (Å²) in [6.07, 6.45) is 2.31. The first-order valence-corrected chi connectivity index (χ1v) is 18.1. The van der Waals surface area contributed by atoms with Gasteiger partial charge in [0.25, 0.3) is 0 Å². The Kier molecular flexibility index (Phi) is 11.1. The number of fused-ring (bicyclic) bond motifs is 1. The van der Waals surface area contributed by atoms with Crippen LogP contribution in [0, 0.1) is 5.82 Å². The Bertz CT molecular complexity index is 1770. The molecule has 3 fully saturated rings. The Labute approximate surface area is 295 Å². The van der Waals surface area contributed by atoms with Gasteiger partial charge in [-0.25, -0.2) is 9.37 Å². The third-order valence-corrected chi connectivity index (χ3v) is 9.81. The molecule has 0 saturated carbocycles. The number of rotatable bonds is 15. The minimum Gasteiger partial charge on any atom is -0.492 e. The summed E-state index contributed by atoms with van der Waals surface area (Å²) in [6, 6.07) is 11.4. The van der Waals surface area contributed by atoms with Crippen molar-refractivity contribution in [1.29, 1.82) is 0 Å². The maximum Gasteiger partial charge on any atom is 0.419 e. The number of ether oxygens (including phenoxy) is 4. The standard InChI is InChI=1S/C38H45F4N5O4/c39-32-10-8-27(23-31(32)38(40,41)42)51-28-7-9-30(34(25-28)49-21-18-46-13-3-4-14-46)37-43-33-24-29(48-20-17-45-11-1-2-12-45)26-35(36(33)44-37)50-22-19-47-15-5-6-16-47/h7-10,23-26H,1-6,11-22H2,(H,43,44). The van der Waals surface area contributed by atoms with Gasteiger partial charge in [-0.15, -0.1) is 0 Å². The smallest absolute Gasteiger partial charge is 0.419 e. The van der Waals surface area contributed by atoms with E-state index in [-0.39, 0.29) is 11.5 Å². The lowest BCUT2D eigenvalue weighted by molar-refractivity contribution is -0.140. The van der Waals surface area contributed by atoms with E-state index in [0.29, 0.717) is 60.0 Å². The molecule has 0 unspecified atom stereocenters. The van der Waals surface area contributed by atoms with Crippen LogP contribution in [0.25, 0.3) is 22.4 Å².